The first-order valence-corrected chi connectivity index (χ1v) is 30.5. The molecule has 8 saturated heterocycles. The highest BCUT2D eigenvalue weighted by molar-refractivity contribution is 9.10. The highest BCUT2D eigenvalue weighted by Gasteiger charge is 2.64. The monoisotopic (exact) mass is 1240 g/mol. The van der Waals surface area contributed by atoms with Gasteiger partial charge in [-0.1, -0.05) is 0 Å². The fourth-order valence-electron chi connectivity index (χ4n) is 10.7. The minimum Gasteiger partial charge on any atom is -0.405 e. The summed E-state index contributed by atoms with van der Waals surface area (Å²) in [4.78, 5) is 53.8. The Labute approximate surface area is 510 Å². The van der Waals surface area contributed by atoms with Crippen molar-refractivity contribution in [3.05, 3.63) is 86.4 Å². The van der Waals surface area contributed by atoms with Crippen molar-refractivity contribution in [1.82, 2.24) is 28.9 Å². The third-order valence-corrected chi connectivity index (χ3v) is 18.9. The summed E-state index contributed by atoms with van der Waals surface area (Å²) in [5, 5.41) is 6.32. The Bertz CT molecular complexity index is 3020. The van der Waals surface area contributed by atoms with Gasteiger partial charge < -0.3 is 71.7 Å². The molecule has 0 unspecified atom stereocenters. The summed E-state index contributed by atoms with van der Waals surface area (Å²) in [5.74, 6) is 1.49. The van der Waals surface area contributed by atoms with Crippen molar-refractivity contribution >= 4 is 82.7 Å². The number of Topliss-reactive ketones (excluding diaryl/α,β-unsaturated/α-hetero) is 1. The van der Waals surface area contributed by atoms with Crippen LogP contribution in [0.25, 0.3) is 0 Å². The Hall–Kier alpha value is -4.70. The number of ketones is 1. The molecule has 0 amide bonds. The van der Waals surface area contributed by atoms with E-state index in [4.69, 9.17) is 37.4 Å². The lowest BCUT2D eigenvalue weighted by molar-refractivity contribution is -0.140. The van der Waals surface area contributed by atoms with Crippen LogP contribution in [0.1, 0.15) is 96.9 Å². The summed E-state index contributed by atoms with van der Waals surface area (Å²) in [5.41, 5.74) is 1.35. The standard InChI is InChI=1S/C25H36BN5O4.C19H24BrN5O2.C12H24B2O4.C3H4O2/c1-17-13-30(20-15-33-16-20)9-10-31(17)19-7-8-22(27-12-19)28-21-11-18(14-29(6)23(21)32)26-34-24(2,3)25(4,5)35-26;1-13-9-24(16-11-27-12-16)5-6-25(13)15-3-4-18(21-8-15)22-17-7-14(20)10-23(2)19(17)26;1-9(2)10(3,4)16-13(15-9)14-17-11(5,6)12(7,8)18-14;4-3-1-5-2-3/h7-8,11-12,14,17,20H,9-10,13,15-16H2,1-6H3,(H,27,28);3-4,7-8,10,13,16H,5-6,9,11-12H2,1-2H3,(H,21,22);1-8H3;1-2H2/t17-;13-;;/m00../s1. The van der Waals surface area contributed by atoms with E-state index in [0.717, 1.165) is 87.0 Å². The molecule has 0 spiro atoms. The Morgan fingerprint density at radius 3 is 1.24 bits per heavy atom. The number of pyridine rings is 4. The molecule has 26 heteroatoms. The Balaban J connectivity index is 0.000000153. The number of piperazine rings is 2. The number of rotatable bonds is 10. The summed E-state index contributed by atoms with van der Waals surface area (Å²) >= 11 is 3.42. The molecule has 0 aromatic carbocycles. The van der Waals surface area contributed by atoms with Gasteiger partial charge in [0.25, 0.3) is 11.1 Å². The number of carbonyl (C=O) groups is 1. The van der Waals surface area contributed by atoms with Crippen molar-refractivity contribution in [1.29, 1.82) is 0 Å². The summed E-state index contributed by atoms with van der Waals surface area (Å²) in [7, 11) is 1.96. The van der Waals surface area contributed by atoms with E-state index in [1.807, 2.05) is 108 Å². The third kappa shape index (κ3) is 14.6. The molecular weight excluding hydrogens is 1150 g/mol. The summed E-state index contributed by atoms with van der Waals surface area (Å²) in [6, 6.07) is 13.5. The fourth-order valence-corrected chi connectivity index (χ4v) is 11.2. The van der Waals surface area contributed by atoms with Crippen LogP contribution >= 0.6 is 15.9 Å². The third-order valence-electron chi connectivity index (χ3n) is 18.4. The van der Waals surface area contributed by atoms with Crippen LogP contribution in [-0.4, -0.2) is 193 Å². The molecule has 0 bridgehead atoms. The second kappa shape index (κ2) is 25.4. The number of nitrogens with zero attached hydrogens (tertiary/aromatic N) is 8. The molecule has 12 heterocycles. The molecule has 2 atom stereocenters. The Morgan fingerprint density at radius 1 is 0.529 bits per heavy atom. The Morgan fingerprint density at radius 2 is 0.906 bits per heavy atom. The van der Waals surface area contributed by atoms with Gasteiger partial charge in [0.1, 0.15) is 36.2 Å². The molecule has 22 nitrogen and oxygen atoms in total. The maximum Gasteiger partial charge on any atom is 0.496 e. The van der Waals surface area contributed by atoms with Crippen molar-refractivity contribution in [2.24, 2.45) is 14.1 Å². The van der Waals surface area contributed by atoms with Crippen molar-refractivity contribution in [3.63, 3.8) is 0 Å². The maximum absolute atomic E-state index is 12.8. The maximum atomic E-state index is 12.8. The van der Waals surface area contributed by atoms with Crippen LogP contribution in [-0.2, 0) is 61.0 Å². The van der Waals surface area contributed by atoms with Crippen LogP contribution in [0, 0.1) is 0 Å². The second-order valence-corrected chi connectivity index (χ2v) is 27.4. The van der Waals surface area contributed by atoms with E-state index in [2.05, 4.69) is 86.8 Å². The molecule has 0 saturated carbocycles. The van der Waals surface area contributed by atoms with Gasteiger partial charge in [0.05, 0.1) is 95.9 Å². The highest BCUT2D eigenvalue weighted by atomic mass is 79.9. The zero-order chi connectivity index (χ0) is 61.6. The van der Waals surface area contributed by atoms with Gasteiger partial charge in [-0.2, -0.15) is 0 Å². The minimum atomic E-state index is -0.547. The summed E-state index contributed by atoms with van der Waals surface area (Å²) < 4.78 is 55.3. The molecule has 4 aromatic heterocycles. The van der Waals surface area contributed by atoms with Gasteiger partial charge in [-0.05, 0) is 149 Å². The molecule has 2 N–H and O–H groups in total. The molecule has 0 aliphatic carbocycles. The van der Waals surface area contributed by atoms with Gasteiger partial charge in [0.2, 0.25) is 0 Å². The number of halogens is 1. The van der Waals surface area contributed by atoms with E-state index in [1.165, 1.54) is 4.57 Å². The fraction of sp³-hybridized carbons (Fsp3) is 0.644. The number of aromatic nitrogens is 4. The molecule has 12 rings (SSSR count). The zero-order valence-electron chi connectivity index (χ0n) is 52.7. The van der Waals surface area contributed by atoms with Crippen molar-refractivity contribution in [2.45, 2.75) is 155 Å². The quantitative estimate of drug-likeness (QED) is 0.181. The lowest BCUT2D eigenvalue weighted by Crippen LogP contribution is -2.59. The average Bonchev–Trinajstić information content (AvgIpc) is 2.02. The number of carbonyl (C=O) groups excluding carboxylic acids is 1. The van der Waals surface area contributed by atoms with Crippen LogP contribution in [0.4, 0.5) is 34.4 Å². The van der Waals surface area contributed by atoms with Gasteiger partial charge in [-0.25, -0.2) is 9.97 Å². The number of aryl methyl sites for hydroxylation is 2. The molecule has 0 radical (unpaired) electrons. The number of hydrogen-bond donors (Lipinski definition) is 2. The molecule has 4 aromatic rings. The summed E-state index contributed by atoms with van der Waals surface area (Å²) in [6.07, 6.45) is 7.26. The van der Waals surface area contributed by atoms with Crippen molar-refractivity contribution in [2.75, 3.05) is 99.3 Å². The van der Waals surface area contributed by atoms with Crippen LogP contribution in [0.5, 0.6) is 0 Å². The lowest BCUT2D eigenvalue weighted by Gasteiger charge is -2.46. The highest BCUT2D eigenvalue weighted by Crippen LogP contribution is 2.43. The molecule has 8 aliphatic heterocycles. The second-order valence-electron chi connectivity index (χ2n) is 26.5. The van der Waals surface area contributed by atoms with E-state index >= 15 is 0 Å². The van der Waals surface area contributed by atoms with Crippen molar-refractivity contribution < 1.29 is 46.9 Å². The van der Waals surface area contributed by atoms with Crippen LogP contribution < -0.4 is 37.0 Å². The smallest absolute Gasteiger partial charge is 0.405 e. The predicted octanol–water partition coefficient (Wildman–Crippen LogP) is 5.76. The molecule has 8 aliphatic rings. The zero-order valence-corrected chi connectivity index (χ0v) is 54.2. The minimum absolute atomic E-state index is 0.0891. The largest absolute Gasteiger partial charge is 0.496 e. The molecule has 462 valence electrons. The average molecular weight is 1240 g/mol. The van der Waals surface area contributed by atoms with E-state index in [9.17, 15) is 14.4 Å². The van der Waals surface area contributed by atoms with Gasteiger partial charge in [-0.15, -0.1) is 0 Å². The first-order chi connectivity index (χ1) is 39.8. The van der Waals surface area contributed by atoms with Crippen LogP contribution in [0.2, 0.25) is 0 Å². The van der Waals surface area contributed by atoms with Gasteiger partial charge in [-0.3, -0.25) is 24.2 Å². The lowest BCUT2D eigenvalue weighted by atomic mass is 9.49. The molecular formula is C59H88B3BrN10O12. The topological polar surface area (TPSA) is 207 Å². The first kappa shape index (κ1) is 64.8. The number of anilines is 6. The molecule has 85 heavy (non-hydrogen) atoms. The predicted molar refractivity (Wildman–Crippen MR) is 336 cm³/mol. The van der Waals surface area contributed by atoms with Gasteiger partial charge >= 0.3 is 21.1 Å². The van der Waals surface area contributed by atoms with Crippen molar-refractivity contribution in [3.8, 4) is 0 Å². The SMILES string of the molecule is CC1(C)OB(B2OC(C)(C)C(C)(C)O2)OC1(C)C.C[C@H]1CN(C2COC2)CCN1c1ccc(Nc2cc(B3OC(C)(C)C(C)(C)O3)cn(C)c2=O)nc1.C[C@H]1CN(C2COC2)CCN1c1ccc(Nc2cc(Br)cn(C)c2=O)nc1.O=C1COC1. The first-order valence-electron chi connectivity index (χ1n) is 29.7. The van der Waals surface area contributed by atoms with E-state index in [1.54, 1.807) is 43.2 Å². The van der Waals surface area contributed by atoms with Gasteiger partial charge in [0.15, 0.2) is 5.78 Å². The normalized spacial score (nSPS) is 24.9. The van der Waals surface area contributed by atoms with Crippen LogP contribution in [0.3, 0.4) is 0 Å². The molecule has 8 fully saturated rings. The summed E-state index contributed by atoms with van der Waals surface area (Å²) in [6.45, 7) is 39.0. The number of nitrogens with one attached hydrogen (secondary N) is 2. The Kier molecular flexibility index (Phi) is 19.4. The van der Waals surface area contributed by atoms with E-state index in [-0.39, 0.29) is 39.3 Å². The number of ether oxygens (including phenoxy) is 3. The number of hydrogen-bond acceptors (Lipinski definition) is 20. The van der Waals surface area contributed by atoms with Crippen LogP contribution in [0.15, 0.2) is 75.2 Å². The van der Waals surface area contributed by atoms with E-state index in [0.29, 0.717) is 60.4 Å². The van der Waals surface area contributed by atoms with E-state index < -0.39 is 32.3 Å². The van der Waals surface area contributed by atoms with Gasteiger partial charge in [0, 0.05) is 87.8 Å².